The van der Waals surface area contributed by atoms with Crippen molar-refractivity contribution < 1.29 is 109 Å². The number of hydrogen-bond donors (Lipinski definition) is 13. The number of aryl methyl sites for hydroxylation is 3. The van der Waals surface area contributed by atoms with E-state index in [1.165, 1.54) is 56.4 Å². The molecule has 3 heterocycles. The molecule has 0 spiro atoms. The van der Waals surface area contributed by atoms with Crippen LogP contribution in [0, 0.1) is 13.8 Å². The fraction of sp³-hybridized carbons (Fsp3) is 0.500. The number of ether oxygens (including phenoxy) is 4. The van der Waals surface area contributed by atoms with Gasteiger partial charge in [-0.1, -0.05) is 25.6 Å². The van der Waals surface area contributed by atoms with Crippen molar-refractivity contribution in [2.45, 2.75) is 70.9 Å². The van der Waals surface area contributed by atoms with E-state index >= 15 is 0 Å². The van der Waals surface area contributed by atoms with E-state index in [2.05, 4.69) is 42.4 Å². The summed E-state index contributed by atoms with van der Waals surface area (Å²) >= 11 is -4.32. The molecule has 1 atom stereocenters. The number of nitrogens with one attached hydrogen (secondary N) is 6. The van der Waals surface area contributed by atoms with E-state index in [-0.39, 0.29) is 184 Å². The molecule has 0 bridgehead atoms. The number of anilines is 1. The number of carboxylic acid groups (broad SMARTS) is 4. The SMILES string of the molecule is C.Cc1cc(OCCCC(=O)NCCCOCCOCCOCCCNC(=O)[C@@H](Cc2ccc(OS(O)(O)O)cc2)NC(=O)CN2CCN(CC(=O)O)CCN(CC(=O)O)CCN(CC(=O)O)CC2)cc(C)c1S(=O)(=O)N=C(CNC(=O)c1cn(C)c2cc(CNc3ncc[nH]3)ccc2c1=O)C(=O)O.[3H]F. The molecule has 13 N–H and O–H groups in total. The van der Waals surface area contributed by atoms with Gasteiger partial charge in [0.05, 0.1) is 76.2 Å². The van der Waals surface area contributed by atoms with Crippen LogP contribution in [-0.2, 0) is 77.8 Å². The van der Waals surface area contributed by atoms with Crippen LogP contribution < -0.4 is 40.9 Å². The molecule has 4 amide bonds. The molecule has 3 aromatic carbocycles. The average Bonchev–Trinajstić information content (AvgIpc) is 0.883. The highest BCUT2D eigenvalue weighted by atomic mass is 32.3. The Labute approximate surface area is 609 Å². The molecule has 105 heavy (non-hydrogen) atoms. The molecule has 5 aromatic rings. The molecule has 39 heteroatoms. The third-order valence-corrected chi connectivity index (χ3v) is 17.8. The van der Waals surface area contributed by atoms with Crippen LogP contribution in [0.3, 0.4) is 0 Å². The molecule has 1 saturated heterocycles. The maximum absolute atomic E-state index is 13.8. The number of imidazole rings is 1. The molecule has 1 aliphatic heterocycles. The smallest absolute Gasteiger partial charge is 0.353 e. The number of H-pyrrole nitrogens is 1. The van der Waals surface area contributed by atoms with Gasteiger partial charge in [-0.3, -0.25) is 76.3 Å². The van der Waals surface area contributed by atoms with Crippen molar-refractivity contribution in [2.24, 2.45) is 11.4 Å². The first-order valence-corrected chi connectivity index (χ1v) is 35.7. The normalized spacial score (nSPS) is 14.3. The van der Waals surface area contributed by atoms with Gasteiger partial charge in [0.2, 0.25) is 23.2 Å². The van der Waals surface area contributed by atoms with Crippen LogP contribution in [0.2, 0.25) is 0 Å². The molecule has 2 aromatic heterocycles. The van der Waals surface area contributed by atoms with Gasteiger partial charge in [-0.2, -0.15) is 12.8 Å². The largest absolute Gasteiger partial charge is 0.494 e. The predicted octanol–water partition coefficient (Wildman–Crippen LogP) is 1.87. The van der Waals surface area contributed by atoms with E-state index in [1.807, 2.05) is 0 Å². The van der Waals surface area contributed by atoms with Gasteiger partial charge in [0.15, 0.2) is 11.7 Å². The van der Waals surface area contributed by atoms with Crippen LogP contribution in [0.4, 0.5) is 10.7 Å². The van der Waals surface area contributed by atoms with Gasteiger partial charge < -0.3 is 79.7 Å². The summed E-state index contributed by atoms with van der Waals surface area (Å²) in [7, 11) is -3.01. The number of nitrogens with zero attached hydrogens (tertiary/aromatic N) is 7. The first-order chi connectivity index (χ1) is 50.0. The number of carboxylic acids is 4. The van der Waals surface area contributed by atoms with Gasteiger partial charge in [-0.25, -0.2) is 9.78 Å². The van der Waals surface area contributed by atoms with Crippen LogP contribution in [0.5, 0.6) is 11.5 Å². The van der Waals surface area contributed by atoms with Gasteiger partial charge in [-0.15, -0.1) is 0 Å². The molecule has 1 aliphatic rings. The Morgan fingerprint density at radius 3 is 1.70 bits per heavy atom. The predicted molar refractivity (Wildman–Crippen MR) is 384 cm³/mol. The second-order valence-electron chi connectivity index (χ2n) is 24.0. The highest BCUT2D eigenvalue weighted by Crippen LogP contribution is 2.36. The topological polar surface area (TPSA) is 495 Å². The van der Waals surface area contributed by atoms with Crippen molar-refractivity contribution in [2.75, 3.05) is 150 Å². The fourth-order valence-corrected chi connectivity index (χ4v) is 12.6. The molecular weight excluding hydrogens is 1430 g/mol. The highest BCUT2D eigenvalue weighted by Gasteiger charge is 2.28. The molecule has 0 saturated carbocycles. The van der Waals surface area contributed by atoms with E-state index in [1.54, 1.807) is 61.8 Å². The third kappa shape index (κ3) is 31.9. The van der Waals surface area contributed by atoms with Gasteiger partial charge in [-0.05, 0) is 91.8 Å². The van der Waals surface area contributed by atoms with E-state index in [0.29, 0.717) is 61.7 Å². The number of carbonyl (C=O) groups excluding carboxylic acids is 4. The first-order valence-electron chi connectivity index (χ1n) is 33.3. The van der Waals surface area contributed by atoms with Crippen LogP contribution in [0.25, 0.3) is 10.9 Å². The van der Waals surface area contributed by atoms with Crippen LogP contribution in [0.1, 0.15) is 65.7 Å². The summed E-state index contributed by atoms with van der Waals surface area (Å²) in [4.78, 5) is 127. The minimum absolute atomic E-state index is 0. The van der Waals surface area contributed by atoms with E-state index in [0.717, 1.165) is 5.56 Å². The molecular formula is C66H96FN13O23S2. The lowest BCUT2D eigenvalue weighted by Gasteiger charge is -2.33. The number of benzene rings is 3. The summed E-state index contributed by atoms with van der Waals surface area (Å²) in [6.45, 7) is 4.84. The molecule has 1 fully saturated rings. The number of rotatable bonds is 42. The number of fused-ring (bicyclic) bond motifs is 1. The number of pyridine rings is 1. The average molecular weight is 1520 g/mol. The van der Waals surface area contributed by atoms with E-state index in [4.69, 9.17) is 27.8 Å². The Bertz CT molecular complexity index is 3840. The minimum atomic E-state index is -4.65. The molecule has 0 radical (unpaired) electrons. The van der Waals surface area contributed by atoms with Crippen molar-refractivity contribution in [1.29, 1.82) is 1.45 Å². The fourth-order valence-electron chi connectivity index (χ4n) is 10.8. The maximum atomic E-state index is 13.8. The van der Waals surface area contributed by atoms with Gasteiger partial charge in [0.25, 0.3) is 28.5 Å². The number of aromatic amines is 1. The summed E-state index contributed by atoms with van der Waals surface area (Å²) in [5.74, 6) is -6.53. The van der Waals surface area contributed by atoms with Gasteiger partial charge in [0.1, 0.15) is 23.1 Å². The highest BCUT2D eigenvalue weighted by molar-refractivity contribution is 8.15. The molecule has 582 valence electrons. The van der Waals surface area contributed by atoms with E-state index < -0.39 is 86.5 Å². The van der Waals surface area contributed by atoms with Crippen molar-refractivity contribution in [1.82, 2.24) is 55.4 Å². The lowest BCUT2D eigenvalue weighted by atomic mass is 10.0. The Morgan fingerprint density at radius 2 is 1.19 bits per heavy atom. The molecule has 0 aliphatic carbocycles. The number of carbonyl (C=O) groups is 8. The van der Waals surface area contributed by atoms with Crippen LogP contribution in [-0.4, -0.2) is 282 Å². The van der Waals surface area contributed by atoms with Crippen molar-refractivity contribution >= 4 is 91.2 Å². The van der Waals surface area contributed by atoms with Gasteiger partial charge in [0, 0.05) is 129 Å². The standard InChI is InChI=1S/C65H91N13O23S2.CH4.FH/c1-44-33-49(34-45(2)61(44)102(92,93)73-53(64(90)91)38-70-62(88)51-39-74(3)54-36-47(10-13-50(54)60(51)87)37-71-65-68-16-17-69-65)100-28-4-7-55(79)66-14-5-26-97-29-31-99-32-30-98-27-6-15-67-63(89)52(35-46-8-11-48(12-9-46)101-103(94,95)96)72-56(80)40-75-18-20-76(41-57(81)82)22-24-78(43-59(85)86)25-23-77(21-19-75)42-58(83)84;;/h8-13,16-17,33-34,36,39,52,94-96H,4-7,14-15,18-32,35,37-38,40-43H2,1-3H3,(H,66,79)(H,67,89)(H,70,88)(H,72,80)(H,81,82)(H,83,84)(H,85,86)(H,90,91)(H2,68,69,71);1H4;1H/t52-;;/m1../s1/i/hT. The second-order valence-corrected chi connectivity index (χ2v) is 26.6. The molecule has 36 nitrogen and oxygen atoms in total. The van der Waals surface area contributed by atoms with Crippen molar-refractivity contribution in [3.63, 3.8) is 0 Å². The lowest BCUT2D eigenvalue weighted by molar-refractivity contribution is -0.140. The van der Waals surface area contributed by atoms with Crippen LogP contribution >= 0.6 is 11.2 Å². The number of aliphatic carboxylic acids is 4. The first kappa shape index (κ1) is 86.4. The molecule has 0 unspecified atom stereocenters. The monoisotopic (exact) mass is 1520 g/mol. The van der Waals surface area contributed by atoms with Crippen molar-refractivity contribution in [3.05, 3.63) is 111 Å². The lowest BCUT2D eigenvalue weighted by Crippen LogP contribution is -2.53. The zero-order chi connectivity index (χ0) is 77.1. The van der Waals surface area contributed by atoms with Gasteiger partial charge >= 0.3 is 23.9 Å². The Kier molecular flexibility index (Phi) is 36.6. The zero-order valence-electron chi connectivity index (χ0n) is 58.8. The number of sulfonamides is 1. The Balaban J connectivity index is 0.00000785. The molecule has 6 rings (SSSR count). The summed E-state index contributed by atoms with van der Waals surface area (Å²) in [6.07, 6.45) is 5.89. The zero-order valence-corrected chi connectivity index (χ0v) is 59.4. The maximum Gasteiger partial charge on any atom is 0.353 e. The summed E-state index contributed by atoms with van der Waals surface area (Å²) in [5.41, 5.74) is 0.462. The summed E-state index contributed by atoms with van der Waals surface area (Å²) < 4.78 is 101. The third-order valence-electron chi connectivity index (χ3n) is 15.8. The number of hydrogen-bond acceptors (Lipinski definition) is 25. The van der Waals surface area contributed by atoms with Crippen molar-refractivity contribution in [3.8, 4) is 11.5 Å². The minimum Gasteiger partial charge on any atom is -0.494 e. The van der Waals surface area contributed by atoms with E-state index in [9.17, 15) is 85.7 Å². The summed E-state index contributed by atoms with van der Waals surface area (Å²) in [6, 6.07) is 12.5. The quantitative estimate of drug-likeness (QED) is 0.0196. The second kappa shape index (κ2) is 44.5. The summed E-state index contributed by atoms with van der Waals surface area (Å²) in [5, 5.41) is 52.7. The Hall–Kier alpha value is -9.26. The number of halogens is 1. The Morgan fingerprint density at radius 1 is 0.667 bits per heavy atom. The van der Waals surface area contributed by atoms with Crippen LogP contribution in [0.15, 0.2) is 87.3 Å². The number of amides is 4. The number of aromatic nitrogens is 3.